The molecule has 0 amide bonds. The van der Waals surface area contributed by atoms with Crippen molar-refractivity contribution in [2.45, 2.75) is 44.9 Å². The van der Waals surface area contributed by atoms with E-state index < -0.39 is 34.7 Å². The summed E-state index contributed by atoms with van der Waals surface area (Å²) in [5, 5.41) is 0. The van der Waals surface area contributed by atoms with Crippen molar-refractivity contribution in [2.24, 2.45) is 0 Å². The summed E-state index contributed by atoms with van der Waals surface area (Å²) in [6.45, 7) is 16.4. The van der Waals surface area contributed by atoms with Crippen molar-refractivity contribution in [3.63, 3.8) is 0 Å². The average Bonchev–Trinajstić information content (AvgIpc) is 2.35. The summed E-state index contributed by atoms with van der Waals surface area (Å²) in [6, 6.07) is 0. The highest BCUT2D eigenvalue weighted by molar-refractivity contribution is 6.77. The molecule has 0 saturated carbocycles. The van der Waals surface area contributed by atoms with Crippen LogP contribution in [0.25, 0.3) is 0 Å². The molecule has 0 aromatic carbocycles. The first-order valence-electron chi connectivity index (χ1n) is 6.49. The molecule has 1 atom stereocenters. The molecule has 1 unspecified atom stereocenters. The molecule has 7 heteroatoms. The normalized spacial score (nSPS) is 13.2. The molecule has 0 fully saturated rings. The van der Waals surface area contributed by atoms with Crippen molar-refractivity contribution in [3.05, 3.63) is 25.3 Å². The zero-order chi connectivity index (χ0) is 16.0. The Balaban J connectivity index is 5.37. The lowest BCUT2D eigenvalue weighted by molar-refractivity contribution is -0.198. The van der Waals surface area contributed by atoms with E-state index in [1.54, 1.807) is 6.92 Å². The van der Waals surface area contributed by atoms with Gasteiger partial charge in [-0.15, -0.1) is 0 Å². The topological polar surface area (TPSA) is 61.8 Å². The lowest BCUT2D eigenvalue weighted by Crippen LogP contribution is -2.55. The van der Waals surface area contributed by atoms with Crippen LogP contribution in [0.2, 0.25) is 26.2 Å². The molecule has 0 aliphatic heterocycles. The maximum atomic E-state index is 11.5. The zero-order valence-electron chi connectivity index (χ0n) is 12.9. The smallest absolute Gasteiger partial charge is 0.333 e. The van der Waals surface area contributed by atoms with Crippen LogP contribution < -0.4 is 0 Å². The number of carbonyl (C=O) groups is 2. The molecule has 0 aromatic rings. The molecule has 5 nitrogen and oxygen atoms in total. The van der Waals surface area contributed by atoms with Gasteiger partial charge in [0.1, 0.15) is 0 Å². The Morgan fingerprint density at radius 1 is 1.15 bits per heavy atom. The fraction of sp³-hybridized carbons (Fsp3) is 0.538. The Labute approximate surface area is 123 Å². The zero-order valence-corrected chi connectivity index (χ0v) is 15.0. The van der Waals surface area contributed by atoms with Crippen LogP contribution in [0.3, 0.4) is 0 Å². The molecular weight excluding hydrogens is 292 g/mol. The molecule has 20 heavy (non-hydrogen) atoms. The van der Waals surface area contributed by atoms with E-state index in [9.17, 15) is 9.59 Å². The fourth-order valence-electron chi connectivity index (χ4n) is 1.66. The SMILES string of the molecule is C=CC(=O)OC(CC)(OC(=O)C=C)[SiH](C)O[Si](C)(C)C. The van der Waals surface area contributed by atoms with Gasteiger partial charge in [0, 0.05) is 18.6 Å². The van der Waals surface area contributed by atoms with Crippen molar-refractivity contribution >= 4 is 29.3 Å². The molecule has 0 spiro atoms. The lowest BCUT2D eigenvalue weighted by atomic mass is 10.4. The van der Waals surface area contributed by atoms with Gasteiger partial charge in [-0.05, 0) is 26.2 Å². The van der Waals surface area contributed by atoms with E-state index in [2.05, 4.69) is 13.2 Å². The predicted octanol–water partition coefficient (Wildman–Crippen LogP) is 2.30. The van der Waals surface area contributed by atoms with E-state index in [4.69, 9.17) is 13.6 Å². The van der Waals surface area contributed by atoms with Crippen LogP contribution in [0.15, 0.2) is 25.3 Å². The Morgan fingerprint density at radius 2 is 1.55 bits per heavy atom. The summed E-state index contributed by atoms with van der Waals surface area (Å²) < 4.78 is 16.7. The van der Waals surface area contributed by atoms with E-state index in [0.29, 0.717) is 6.42 Å². The van der Waals surface area contributed by atoms with Crippen LogP contribution in [0.4, 0.5) is 0 Å². The van der Waals surface area contributed by atoms with Crippen LogP contribution in [0.1, 0.15) is 13.3 Å². The van der Waals surface area contributed by atoms with E-state index in [1.807, 2.05) is 26.2 Å². The fourth-order valence-corrected chi connectivity index (χ4v) is 7.76. The van der Waals surface area contributed by atoms with Gasteiger partial charge < -0.3 is 13.6 Å². The molecule has 0 aliphatic rings. The van der Waals surface area contributed by atoms with Gasteiger partial charge in [-0.25, -0.2) is 9.59 Å². The first kappa shape index (κ1) is 18.8. The van der Waals surface area contributed by atoms with Crippen molar-refractivity contribution in [1.29, 1.82) is 0 Å². The molecule has 0 rings (SSSR count). The summed E-state index contributed by atoms with van der Waals surface area (Å²) in [4.78, 5) is 23.1. The number of hydrogen-bond donors (Lipinski definition) is 0. The van der Waals surface area contributed by atoms with Gasteiger partial charge in [0.2, 0.25) is 0 Å². The summed E-state index contributed by atoms with van der Waals surface area (Å²) in [6.07, 6.45) is 2.41. The summed E-state index contributed by atoms with van der Waals surface area (Å²) in [7, 11) is -3.98. The number of esters is 2. The second-order valence-corrected chi connectivity index (χ2v) is 12.6. The van der Waals surface area contributed by atoms with Gasteiger partial charge >= 0.3 is 11.9 Å². The largest absolute Gasteiger partial charge is 0.453 e. The highest BCUT2D eigenvalue weighted by atomic mass is 28.4. The number of ether oxygens (including phenoxy) is 2. The molecule has 114 valence electrons. The van der Waals surface area contributed by atoms with Gasteiger partial charge in [0.05, 0.1) is 0 Å². The lowest BCUT2D eigenvalue weighted by Gasteiger charge is -2.38. The Morgan fingerprint density at radius 3 is 1.80 bits per heavy atom. The molecule has 0 aromatic heterocycles. The van der Waals surface area contributed by atoms with Crippen molar-refractivity contribution in [3.8, 4) is 0 Å². The standard InChI is InChI=1S/C13H24O5Si2/c1-8-11(14)16-13(10-3,17-12(15)9-2)19(4)18-20(5,6)7/h8-9,19H,1-2,10H2,3-7H3. The summed E-state index contributed by atoms with van der Waals surface area (Å²) in [5.74, 6) is -1.27. The van der Waals surface area contributed by atoms with E-state index in [1.165, 1.54) is 0 Å². The molecular formula is C13H24O5Si2. The van der Waals surface area contributed by atoms with Crippen LogP contribution >= 0.6 is 0 Å². The minimum Gasteiger partial charge on any atom is -0.453 e. The van der Waals surface area contributed by atoms with Gasteiger partial charge in [-0.1, -0.05) is 20.1 Å². The van der Waals surface area contributed by atoms with E-state index >= 15 is 0 Å². The second-order valence-electron chi connectivity index (χ2n) is 5.29. The predicted molar refractivity (Wildman–Crippen MR) is 83.0 cm³/mol. The first-order valence-corrected chi connectivity index (χ1v) is 12.1. The van der Waals surface area contributed by atoms with Crippen LogP contribution in [0, 0.1) is 0 Å². The third-order valence-corrected chi connectivity index (χ3v) is 8.65. The highest BCUT2D eigenvalue weighted by Crippen LogP contribution is 2.26. The maximum absolute atomic E-state index is 11.5. The minimum absolute atomic E-state index is 0.323. The Hall–Kier alpha value is -1.19. The average molecular weight is 317 g/mol. The second kappa shape index (κ2) is 7.56. The van der Waals surface area contributed by atoms with Crippen molar-refractivity contribution in [1.82, 2.24) is 0 Å². The number of hydrogen-bond acceptors (Lipinski definition) is 5. The van der Waals surface area contributed by atoms with E-state index in [0.717, 1.165) is 12.2 Å². The Bertz CT molecular complexity index is 365. The minimum atomic E-state index is -2.14. The molecule has 0 aliphatic carbocycles. The number of carbonyl (C=O) groups excluding carboxylic acids is 2. The third-order valence-electron chi connectivity index (χ3n) is 2.52. The van der Waals surface area contributed by atoms with Crippen molar-refractivity contribution < 1.29 is 23.2 Å². The van der Waals surface area contributed by atoms with E-state index in [-0.39, 0.29) is 0 Å². The van der Waals surface area contributed by atoms with Crippen LogP contribution in [-0.2, 0) is 23.2 Å². The molecule has 0 N–H and O–H groups in total. The third kappa shape index (κ3) is 5.85. The molecule has 0 heterocycles. The van der Waals surface area contributed by atoms with Gasteiger partial charge in [-0.3, -0.25) is 0 Å². The summed E-state index contributed by atoms with van der Waals surface area (Å²) >= 11 is 0. The van der Waals surface area contributed by atoms with Gasteiger partial charge in [-0.2, -0.15) is 0 Å². The van der Waals surface area contributed by atoms with Gasteiger partial charge in [0.15, 0.2) is 8.32 Å². The molecule has 0 radical (unpaired) electrons. The Kier molecular flexibility index (Phi) is 7.11. The monoisotopic (exact) mass is 316 g/mol. The van der Waals surface area contributed by atoms with Gasteiger partial charge in [0.25, 0.3) is 14.5 Å². The number of rotatable bonds is 8. The summed E-state index contributed by atoms with van der Waals surface area (Å²) in [5.41, 5.74) is -1.34. The molecule has 0 saturated heterocycles. The molecule has 0 bridgehead atoms. The first-order chi connectivity index (χ1) is 9.10. The highest BCUT2D eigenvalue weighted by Gasteiger charge is 2.46. The quantitative estimate of drug-likeness (QED) is 0.297. The van der Waals surface area contributed by atoms with Crippen molar-refractivity contribution in [2.75, 3.05) is 0 Å². The van der Waals surface area contributed by atoms with Crippen LogP contribution in [-0.4, -0.2) is 34.7 Å². The van der Waals surface area contributed by atoms with Crippen LogP contribution in [0.5, 0.6) is 0 Å². The maximum Gasteiger partial charge on any atom is 0.333 e.